The van der Waals surface area contributed by atoms with Crippen LogP contribution in [0.15, 0.2) is 0 Å². The Balaban J connectivity index is 2.29. The van der Waals surface area contributed by atoms with Gasteiger partial charge < -0.3 is 10.1 Å². The average molecular weight is 185 g/mol. The van der Waals surface area contributed by atoms with Crippen molar-refractivity contribution in [1.29, 1.82) is 0 Å². The van der Waals surface area contributed by atoms with Gasteiger partial charge >= 0.3 is 5.97 Å². The number of ether oxygens (including phenoxy) is 1. The van der Waals surface area contributed by atoms with Gasteiger partial charge in [0.2, 0.25) is 0 Å². The molecule has 76 valence electrons. The standard InChI is InChI=1S/C10H19NO2/c1-3-13-10(12)6-9-4-5-11-7-8(9)2/h8-9,11H,3-7H2,1-2H3/t8-,9+/m0/s1. The van der Waals surface area contributed by atoms with Crippen molar-refractivity contribution in [2.45, 2.75) is 26.7 Å². The van der Waals surface area contributed by atoms with Crippen molar-refractivity contribution in [3.05, 3.63) is 0 Å². The lowest BCUT2D eigenvalue weighted by Gasteiger charge is -2.28. The lowest BCUT2D eigenvalue weighted by molar-refractivity contribution is -0.144. The maximum absolute atomic E-state index is 11.2. The highest BCUT2D eigenvalue weighted by atomic mass is 16.5. The van der Waals surface area contributed by atoms with Gasteiger partial charge in [-0.1, -0.05) is 6.92 Å². The maximum atomic E-state index is 11.2. The zero-order valence-electron chi connectivity index (χ0n) is 8.51. The summed E-state index contributed by atoms with van der Waals surface area (Å²) in [5, 5.41) is 3.32. The van der Waals surface area contributed by atoms with E-state index in [9.17, 15) is 4.79 Å². The van der Waals surface area contributed by atoms with Crippen LogP contribution in [0.4, 0.5) is 0 Å². The molecule has 13 heavy (non-hydrogen) atoms. The normalized spacial score (nSPS) is 28.5. The van der Waals surface area contributed by atoms with Crippen LogP contribution < -0.4 is 5.32 Å². The van der Waals surface area contributed by atoms with Crippen molar-refractivity contribution in [2.24, 2.45) is 11.8 Å². The number of nitrogens with one attached hydrogen (secondary N) is 1. The summed E-state index contributed by atoms with van der Waals surface area (Å²) >= 11 is 0. The largest absolute Gasteiger partial charge is 0.466 e. The molecular formula is C10H19NO2. The number of carbonyl (C=O) groups is 1. The average Bonchev–Trinajstić information content (AvgIpc) is 2.09. The summed E-state index contributed by atoms with van der Waals surface area (Å²) in [6.45, 7) is 6.61. The van der Waals surface area contributed by atoms with E-state index in [1.165, 1.54) is 0 Å². The first-order chi connectivity index (χ1) is 6.24. The summed E-state index contributed by atoms with van der Waals surface area (Å²) in [7, 11) is 0. The van der Waals surface area contributed by atoms with Gasteiger partial charge in [0.15, 0.2) is 0 Å². The van der Waals surface area contributed by atoms with Crippen LogP contribution in [0.5, 0.6) is 0 Å². The van der Waals surface area contributed by atoms with E-state index < -0.39 is 0 Å². The van der Waals surface area contributed by atoms with E-state index in [-0.39, 0.29) is 5.97 Å². The smallest absolute Gasteiger partial charge is 0.306 e. The zero-order valence-corrected chi connectivity index (χ0v) is 8.51. The van der Waals surface area contributed by atoms with Crippen LogP contribution >= 0.6 is 0 Å². The Morgan fingerprint density at radius 3 is 3.00 bits per heavy atom. The second-order valence-corrected chi connectivity index (χ2v) is 3.74. The molecule has 0 spiro atoms. The molecule has 0 bridgehead atoms. The highest BCUT2D eigenvalue weighted by Gasteiger charge is 2.23. The molecule has 0 aromatic rings. The van der Waals surface area contributed by atoms with Crippen LogP contribution in [0, 0.1) is 11.8 Å². The van der Waals surface area contributed by atoms with Crippen LogP contribution in [0.3, 0.4) is 0 Å². The second-order valence-electron chi connectivity index (χ2n) is 3.74. The lowest BCUT2D eigenvalue weighted by atomic mass is 9.85. The van der Waals surface area contributed by atoms with Gasteiger partial charge in [-0.3, -0.25) is 4.79 Å². The summed E-state index contributed by atoms with van der Waals surface area (Å²) < 4.78 is 4.93. The molecule has 2 atom stereocenters. The van der Waals surface area contributed by atoms with Gasteiger partial charge in [0.1, 0.15) is 0 Å². The third kappa shape index (κ3) is 3.35. The Morgan fingerprint density at radius 2 is 2.38 bits per heavy atom. The van der Waals surface area contributed by atoms with E-state index in [2.05, 4.69) is 12.2 Å². The first kappa shape index (κ1) is 10.5. The molecule has 0 aromatic heterocycles. The Kier molecular flexibility index (Phi) is 4.22. The number of hydrogen-bond acceptors (Lipinski definition) is 3. The predicted octanol–water partition coefficient (Wildman–Crippen LogP) is 1.19. The molecule has 1 aliphatic rings. The lowest BCUT2D eigenvalue weighted by Crippen LogP contribution is -2.36. The van der Waals surface area contributed by atoms with Gasteiger partial charge in [-0.05, 0) is 38.3 Å². The minimum absolute atomic E-state index is 0.0405. The van der Waals surface area contributed by atoms with Crippen LogP contribution in [-0.2, 0) is 9.53 Å². The van der Waals surface area contributed by atoms with E-state index >= 15 is 0 Å². The van der Waals surface area contributed by atoms with Crippen molar-refractivity contribution >= 4 is 5.97 Å². The maximum Gasteiger partial charge on any atom is 0.306 e. The second kappa shape index (κ2) is 5.22. The van der Waals surface area contributed by atoms with E-state index in [1.54, 1.807) is 0 Å². The molecule has 0 saturated carbocycles. The van der Waals surface area contributed by atoms with Gasteiger partial charge in [-0.25, -0.2) is 0 Å². The number of hydrogen-bond donors (Lipinski definition) is 1. The van der Waals surface area contributed by atoms with Gasteiger partial charge in [0.05, 0.1) is 6.61 Å². The third-order valence-electron chi connectivity index (χ3n) is 2.70. The highest BCUT2D eigenvalue weighted by Crippen LogP contribution is 2.22. The number of carbonyl (C=O) groups excluding carboxylic acids is 1. The number of esters is 1. The SMILES string of the molecule is CCOC(=O)C[C@H]1CCNC[C@@H]1C. The molecule has 1 N–H and O–H groups in total. The Morgan fingerprint density at radius 1 is 1.62 bits per heavy atom. The molecule has 1 heterocycles. The van der Waals surface area contributed by atoms with Crippen molar-refractivity contribution in [2.75, 3.05) is 19.7 Å². The van der Waals surface area contributed by atoms with Crippen molar-refractivity contribution in [3.8, 4) is 0 Å². The molecule has 1 aliphatic heterocycles. The number of piperidine rings is 1. The monoisotopic (exact) mass is 185 g/mol. The molecule has 3 nitrogen and oxygen atoms in total. The van der Waals surface area contributed by atoms with Gasteiger partial charge in [0.25, 0.3) is 0 Å². The molecule has 1 fully saturated rings. The van der Waals surface area contributed by atoms with Crippen molar-refractivity contribution < 1.29 is 9.53 Å². The van der Waals surface area contributed by atoms with Crippen LogP contribution in [0.2, 0.25) is 0 Å². The van der Waals surface area contributed by atoms with E-state index in [1.807, 2.05) is 6.92 Å². The summed E-state index contributed by atoms with van der Waals surface area (Å²) in [6, 6.07) is 0. The third-order valence-corrected chi connectivity index (χ3v) is 2.70. The molecule has 3 heteroatoms. The first-order valence-corrected chi connectivity index (χ1v) is 5.10. The van der Waals surface area contributed by atoms with Gasteiger partial charge in [0, 0.05) is 6.42 Å². The summed E-state index contributed by atoms with van der Waals surface area (Å²) in [5.41, 5.74) is 0. The molecule has 1 saturated heterocycles. The fourth-order valence-electron chi connectivity index (χ4n) is 1.81. The zero-order chi connectivity index (χ0) is 9.68. The fourth-order valence-corrected chi connectivity index (χ4v) is 1.81. The van der Waals surface area contributed by atoms with Gasteiger partial charge in [-0.2, -0.15) is 0 Å². The molecule has 0 unspecified atom stereocenters. The van der Waals surface area contributed by atoms with Crippen LogP contribution in [0.1, 0.15) is 26.7 Å². The van der Waals surface area contributed by atoms with Gasteiger partial charge in [-0.15, -0.1) is 0 Å². The Labute approximate surface area is 79.8 Å². The molecule has 0 amide bonds. The van der Waals surface area contributed by atoms with Crippen molar-refractivity contribution in [1.82, 2.24) is 5.32 Å². The first-order valence-electron chi connectivity index (χ1n) is 5.10. The minimum atomic E-state index is -0.0405. The van der Waals surface area contributed by atoms with Crippen LogP contribution in [0.25, 0.3) is 0 Å². The van der Waals surface area contributed by atoms with E-state index in [4.69, 9.17) is 4.74 Å². The van der Waals surface area contributed by atoms with Crippen molar-refractivity contribution in [3.63, 3.8) is 0 Å². The molecule has 1 rings (SSSR count). The fraction of sp³-hybridized carbons (Fsp3) is 0.900. The van der Waals surface area contributed by atoms with Crippen LogP contribution in [-0.4, -0.2) is 25.7 Å². The minimum Gasteiger partial charge on any atom is -0.466 e. The highest BCUT2D eigenvalue weighted by molar-refractivity contribution is 5.69. The molecule has 0 aromatic carbocycles. The molecular weight excluding hydrogens is 166 g/mol. The quantitative estimate of drug-likeness (QED) is 0.671. The summed E-state index contributed by atoms with van der Waals surface area (Å²) in [5.74, 6) is 1.07. The molecule has 0 aliphatic carbocycles. The molecule has 0 radical (unpaired) electrons. The Hall–Kier alpha value is -0.570. The predicted molar refractivity (Wildman–Crippen MR) is 51.4 cm³/mol. The Bertz CT molecular complexity index is 170. The topological polar surface area (TPSA) is 38.3 Å². The summed E-state index contributed by atoms with van der Waals surface area (Å²) in [4.78, 5) is 11.2. The van der Waals surface area contributed by atoms with E-state index in [0.717, 1.165) is 19.5 Å². The summed E-state index contributed by atoms with van der Waals surface area (Å²) in [6.07, 6.45) is 1.69. The van der Waals surface area contributed by atoms with E-state index in [0.29, 0.717) is 24.9 Å². The number of rotatable bonds is 3.